The van der Waals surface area contributed by atoms with Crippen LogP contribution in [0.1, 0.15) is 20.8 Å². The van der Waals surface area contributed by atoms with Gasteiger partial charge in [-0.3, -0.25) is 0 Å². The number of ether oxygens (including phenoxy) is 2. The standard InChI is InChI=1S/C4H9NOS.C3H7NOS/c1-3(2)6-4(5)7;1-2-5-3(4)6/h3H,1-2H3,(H2,5,7);2H2,1H3,(H2,4,6). The van der Waals surface area contributed by atoms with E-state index in [9.17, 15) is 0 Å². The maximum Gasteiger partial charge on any atom is 0.254 e. The number of thiocarbonyl (C=S) groups is 2. The fourth-order valence-corrected chi connectivity index (χ4v) is 0.685. The molecule has 0 radical (unpaired) electrons. The Balaban J connectivity index is 0. The van der Waals surface area contributed by atoms with Crippen molar-refractivity contribution in [1.82, 2.24) is 0 Å². The van der Waals surface area contributed by atoms with Crippen molar-refractivity contribution in [3.05, 3.63) is 0 Å². The first-order valence-corrected chi connectivity index (χ1v) is 4.60. The summed E-state index contributed by atoms with van der Waals surface area (Å²) in [6.07, 6.45) is 0.109. The van der Waals surface area contributed by atoms with Gasteiger partial charge in [-0.2, -0.15) is 0 Å². The molecule has 0 amide bonds. The van der Waals surface area contributed by atoms with Gasteiger partial charge < -0.3 is 20.9 Å². The van der Waals surface area contributed by atoms with Crippen LogP contribution < -0.4 is 11.5 Å². The molecule has 0 saturated heterocycles. The summed E-state index contributed by atoms with van der Waals surface area (Å²) in [7, 11) is 0. The van der Waals surface area contributed by atoms with E-state index in [0.29, 0.717) is 6.61 Å². The Kier molecular flexibility index (Phi) is 10.8. The van der Waals surface area contributed by atoms with E-state index < -0.39 is 0 Å². The summed E-state index contributed by atoms with van der Waals surface area (Å²) in [5, 5.41) is 0.243. The van der Waals surface area contributed by atoms with Gasteiger partial charge in [0.05, 0.1) is 12.7 Å². The van der Waals surface area contributed by atoms with Gasteiger partial charge in [-0.05, 0) is 45.2 Å². The lowest BCUT2D eigenvalue weighted by atomic mass is 10.5. The molecule has 0 bridgehead atoms. The third kappa shape index (κ3) is 24.6. The molecular weight excluding hydrogens is 208 g/mol. The van der Waals surface area contributed by atoms with Gasteiger partial charge in [0, 0.05) is 0 Å². The quantitative estimate of drug-likeness (QED) is 0.680. The molecule has 0 aliphatic heterocycles. The summed E-state index contributed by atoms with van der Waals surface area (Å²) in [6, 6.07) is 0. The van der Waals surface area contributed by atoms with Crippen LogP contribution in [0.2, 0.25) is 0 Å². The first-order chi connectivity index (χ1) is 5.90. The second-order valence-electron chi connectivity index (χ2n) is 2.24. The maximum absolute atomic E-state index is 5.00. The van der Waals surface area contributed by atoms with Gasteiger partial charge in [0.1, 0.15) is 0 Å². The van der Waals surface area contributed by atoms with E-state index >= 15 is 0 Å². The Bertz CT molecular complexity index is 163. The smallest absolute Gasteiger partial charge is 0.254 e. The Morgan fingerprint density at radius 1 is 1.23 bits per heavy atom. The van der Waals surface area contributed by atoms with Gasteiger partial charge in [-0.15, -0.1) is 0 Å². The van der Waals surface area contributed by atoms with Gasteiger partial charge in [0.15, 0.2) is 0 Å². The zero-order valence-corrected chi connectivity index (χ0v) is 9.71. The van der Waals surface area contributed by atoms with Crippen LogP contribution >= 0.6 is 24.4 Å². The van der Waals surface area contributed by atoms with Crippen molar-refractivity contribution >= 4 is 34.8 Å². The van der Waals surface area contributed by atoms with Crippen molar-refractivity contribution in [3.8, 4) is 0 Å². The van der Waals surface area contributed by atoms with Crippen LogP contribution in [0, 0.1) is 0 Å². The normalized spacial score (nSPS) is 8.31. The molecular formula is C7H16N2O2S2. The monoisotopic (exact) mass is 224 g/mol. The zero-order valence-electron chi connectivity index (χ0n) is 8.07. The molecule has 0 fully saturated rings. The lowest BCUT2D eigenvalue weighted by Crippen LogP contribution is -2.17. The van der Waals surface area contributed by atoms with Gasteiger partial charge in [0.25, 0.3) is 10.3 Å². The highest BCUT2D eigenvalue weighted by Gasteiger charge is 1.90. The molecule has 0 atom stereocenters. The molecule has 78 valence electrons. The summed E-state index contributed by atoms with van der Waals surface area (Å²) in [5.74, 6) is 0. The Labute approximate surface area is 89.6 Å². The highest BCUT2D eigenvalue weighted by Crippen LogP contribution is 1.84. The lowest BCUT2D eigenvalue weighted by Gasteiger charge is -2.04. The fraction of sp³-hybridized carbons (Fsp3) is 0.714. The van der Waals surface area contributed by atoms with E-state index in [4.69, 9.17) is 16.2 Å². The van der Waals surface area contributed by atoms with Gasteiger partial charge >= 0.3 is 0 Å². The number of nitrogens with two attached hydrogens (primary N) is 2. The number of hydrogen-bond donors (Lipinski definition) is 2. The molecule has 6 heteroatoms. The van der Waals surface area contributed by atoms with E-state index in [1.165, 1.54) is 0 Å². The van der Waals surface area contributed by atoms with Gasteiger partial charge in [-0.25, -0.2) is 0 Å². The van der Waals surface area contributed by atoms with Crippen LogP contribution in [0.15, 0.2) is 0 Å². The van der Waals surface area contributed by atoms with Crippen molar-refractivity contribution in [1.29, 1.82) is 0 Å². The fourth-order valence-electron chi connectivity index (χ4n) is 0.375. The predicted octanol–water partition coefficient (Wildman–Crippen LogP) is 0.922. The van der Waals surface area contributed by atoms with Crippen molar-refractivity contribution in [2.75, 3.05) is 6.61 Å². The topological polar surface area (TPSA) is 70.5 Å². The van der Waals surface area contributed by atoms with Crippen molar-refractivity contribution < 1.29 is 9.47 Å². The molecule has 0 spiro atoms. The number of hydrogen-bond acceptors (Lipinski definition) is 4. The second kappa shape index (κ2) is 9.47. The SMILES string of the molecule is CC(C)OC(N)=S.CCOC(N)=S. The van der Waals surface area contributed by atoms with Crippen LogP contribution in [0.4, 0.5) is 0 Å². The Hall–Kier alpha value is -0.620. The van der Waals surface area contributed by atoms with Crippen LogP contribution in [0.5, 0.6) is 0 Å². The highest BCUT2D eigenvalue weighted by molar-refractivity contribution is 7.80. The first-order valence-electron chi connectivity index (χ1n) is 3.78. The second-order valence-corrected chi connectivity index (χ2v) is 3.04. The molecule has 0 saturated carbocycles. The van der Waals surface area contributed by atoms with E-state index in [-0.39, 0.29) is 16.5 Å². The van der Waals surface area contributed by atoms with Gasteiger partial charge in [0.2, 0.25) is 0 Å². The molecule has 0 aromatic rings. The highest BCUT2D eigenvalue weighted by atomic mass is 32.1. The van der Waals surface area contributed by atoms with Crippen molar-refractivity contribution in [2.24, 2.45) is 11.5 Å². The molecule has 0 aliphatic rings. The summed E-state index contributed by atoms with van der Waals surface area (Å²) >= 11 is 8.78. The number of rotatable bonds is 2. The average molecular weight is 224 g/mol. The molecule has 0 heterocycles. The molecule has 0 aromatic carbocycles. The lowest BCUT2D eigenvalue weighted by molar-refractivity contribution is 0.232. The van der Waals surface area contributed by atoms with Crippen LogP contribution in [0.3, 0.4) is 0 Å². The Morgan fingerprint density at radius 2 is 1.69 bits per heavy atom. The largest absolute Gasteiger partial charge is 0.472 e. The Morgan fingerprint density at radius 3 is 1.69 bits per heavy atom. The third-order valence-corrected chi connectivity index (χ3v) is 0.853. The van der Waals surface area contributed by atoms with E-state index in [2.05, 4.69) is 29.2 Å². The van der Waals surface area contributed by atoms with E-state index in [1.54, 1.807) is 0 Å². The van der Waals surface area contributed by atoms with Gasteiger partial charge in [-0.1, -0.05) is 0 Å². The molecule has 4 N–H and O–H groups in total. The molecule has 4 nitrogen and oxygen atoms in total. The summed E-state index contributed by atoms with van der Waals surface area (Å²) in [5.41, 5.74) is 9.91. The van der Waals surface area contributed by atoms with E-state index in [0.717, 1.165) is 0 Å². The summed E-state index contributed by atoms with van der Waals surface area (Å²) in [6.45, 7) is 6.15. The maximum atomic E-state index is 5.00. The minimum Gasteiger partial charge on any atom is -0.472 e. The zero-order chi connectivity index (χ0) is 10.9. The van der Waals surface area contributed by atoms with E-state index in [1.807, 2.05) is 20.8 Å². The summed E-state index contributed by atoms with van der Waals surface area (Å²) < 4.78 is 9.31. The van der Waals surface area contributed by atoms with Crippen LogP contribution in [-0.2, 0) is 9.47 Å². The van der Waals surface area contributed by atoms with Crippen LogP contribution in [-0.4, -0.2) is 23.1 Å². The third-order valence-electron chi connectivity index (χ3n) is 0.638. The first kappa shape index (κ1) is 14.9. The molecule has 13 heavy (non-hydrogen) atoms. The molecule has 0 aromatic heterocycles. The minimum absolute atomic E-state index is 0.109. The molecule has 0 aliphatic carbocycles. The minimum atomic E-state index is 0.109. The van der Waals surface area contributed by atoms with Crippen LogP contribution in [0.25, 0.3) is 0 Å². The molecule has 0 rings (SSSR count). The average Bonchev–Trinajstić information content (AvgIpc) is 1.83. The van der Waals surface area contributed by atoms with Crippen molar-refractivity contribution in [3.63, 3.8) is 0 Å². The molecule has 0 unspecified atom stereocenters. The van der Waals surface area contributed by atoms with Crippen molar-refractivity contribution in [2.45, 2.75) is 26.9 Å². The summed E-state index contributed by atoms with van der Waals surface area (Å²) in [4.78, 5) is 0. The predicted molar refractivity (Wildman–Crippen MR) is 61.4 cm³/mol.